The van der Waals surface area contributed by atoms with E-state index in [2.05, 4.69) is 53.6 Å². The number of rotatable bonds is 7. The van der Waals surface area contributed by atoms with Crippen LogP contribution in [0.2, 0.25) is 0 Å². The van der Waals surface area contributed by atoms with Gasteiger partial charge in [-0.1, -0.05) is 29.5 Å². The molecule has 0 saturated heterocycles. The lowest BCUT2D eigenvalue weighted by Crippen LogP contribution is -2.40. The summed E-state index contributed by atoms with van der Waals surface area (Å²) in [6.45, 7) is 7.86. The predicted molar refractivity (Wildman–Crippen MR) is 163 cm³/mol. The van der Waals surface area contributed by atoms with Gasteiger partial charge in [-0.15, -0.1) is 0 Å². The number of fused-ring (bicyclic) bond motifs is 1. The van der Waals surface area contributed by atoms with E-state index in [4.69, 9.17) is 14.5 Å². The second-order valence-corrected chi connectivity index (χ2v) is 11.1. The van der Waals surface area contributed by atoms with Crippen molar-refractivity contribution in [1.29, 1.82) is 0 Å². The number of carbonyl (C=O) groups is 1. The van der Waals surface area contributed by atoms with E-state index in [0.29, 0.717) is 31.9 Å². The number of hydrogen-bond acceptors (Lipinski definition) is 7. The highest BCUT2D eigenvalue weighted by Crippen LogP contribution is 2.35. The van der Waals surface area contributed by atoms with Crippen molar-refractivity contribution in [2.75, 3.05) is 32.7 Å². The van der Waals surface area contributed by atoms with Crippen LogP contribution >= 0.6 is 11.3 Å². The third-order valence-electron chi connectivity index (χ3n) is 7.33. The zero-order valence-corrected chi connectivity index (χ0v) is 25.2. The molecule has 0 spiro atoms. The zero-order chi connectivity index (χ0) is 29.4. The number of aromatic nitrogens is 2. The molecule has 5 rings (SSSR count). The first-order valence-electron chi connectivity index (χ1n) is 13.5. The van der Waals surface area contributed by atoms with Crippen molar-refractivity contribution in [1.82, 2.24) is 9.13 Å². The molecule has 2 aromatic carbocycles. The third kappa shape index (κ3) is 5.02. The number of carbonyl (C=O) groups excluding carboxylic acids is 1. The van der Waals surface area contributed by atoms with E-state index in [1.165, 1.54) is 11.3 Å². The molecule has 1 aliphatic rings. The maximum absolute atomic E-state index is 14.1. The van der Waals surface area contributed by atoms with Crippen LogP contribution in [0.25, 0.3) is 11.8 Å². The minimum atomic E-state index is -0.730. The monoisotopic (exact) mass is 570 g/mol. The summed E-state index contributed by atoms with van der Waals surface area (Å²) in [5.74, 6) is 0.0789. The topological polar surface area (TPSA) is 78.1 Å². The number of benzene rings is 2. The van der Waals surface area contributed by atoms with Crippen LogP contribution in [0.1, 0.15) is 42.4 Å². The maximum atomic E-state index is 14.1. The Morgan fingerprint density at radius 2 is 1.80 bits per heavy atom. The van der Waals surface area contributed by atoms with Gasteiger partial charge in [0.15, 0.2) is 4.80 Å². The van der Waals surface area contributed by atoms with Crippen LogP contribution in [0.5, 0.6) is 5.75 Å². The molecule has 4 aromatic rings. The van der Waals surface area contributed by atoms with Gasteiger partial charge in [-0.25, -0.2) is 9.79 Å². The van der Waals surface area contributed by atoms with Crippen LogP contribution in [0.4, 0.5) is 5.69 Å². The van der Waals surface area contributed by atoms with Crippen molar-refractivity contribution >= 4 is 29.1 Å². The van der Waals surface area contributed by atoms with Gasteiger partial charge in [-0.2, -0.15) is 0 Å². The highest BCUT2D eigenvalue weighted by atomic mass is 32.1. The molecule has 0 N–H and O–H groups in total. The van der Waals surface area contributed by atoms with Gasteiger partial charge < -0.3 is 18.9 Å². The number of methoxy groups -OCH3 is 1. The van der Waals surface area contributed by atoms with Gasteiger partial charge in [0, 0.05) is 42.4 Å². The number of esters is 1. The molecule has 0 aliphatic carbocycles. The first kappa shape index (κ1) is 28.2. The Kier molecular flexibility index (Phi) is 7.73. The van der Waals surface area contributed by atoms with Gasteiger partial charge in [-0.05, 0) is 75.7 Å². The number of ether oxygens (including phenoxy) is 2. The molecule has 0 saturated carbocycles. The van der Waals surface area contributed by atoms with Crippen LogP contribution in [0.3, 0.4) is 0 Å². The fourth-order valence-corrected chi connectivity index (χ4v) is 6.39. The summed E-state index contributed by atoms with van der Waals surface area (Å²) < 4.78 is 15.4. The van der Waals surface area contributed by atoms with Gasteiger partial charge in [0.1, 0.15) is 11.8 Å². The molecule has 41 heavy (non-hydrogen) atoms. The summed E-state index contributed by atoms with van der Waals surface area (Å²) >= 11 is 1.31. The fourth-order valence-electron chi connectivity index (χ4n) is 5.35. The molecule has 8 nitrogen and oxygen atoms in total. The van der Waals surface area contributed by atoms with Crippen molar-refractivity contribution in [3.63, 3.8) is 0 Å². The normalized spacial score (nSPS) is 15.0. The van der Waals surface area contributed by atoms with Gasteiger partial charge in [0.2, 0.25) is 0 Å². The zero-order valence-electron chi connectivity index (χ0n) is 24.4. The Hall–Kier alpha value is -4.37. The lowest BCUT2D eigenvalue weighted by molar-refractivity contribution is -0.139. The van der Waals surface area contributed by atoms with Crippen molar-refractivity contribution in [2.24, 2.45) is 4.99 Å². The minimum Gasteiger partial charge on any atom is -0.496 e. The number of nitrogens with zero attached hydrogens (tertiary/aromatic N) is 4. The Labute approximate surface area is 243 Å². The summed E-state index contributed by atoms with van der Waals surface area (Å²) in [5.41, 5.74) is 6.53. The Morgan fingerprint density at radius 3 is 2.46 bits per heavy atom. The first-order chi connectivity index (χ1) is 19.7. The molecule has 0 fully saturated rings. The smallest absolute Gasteiger partial charge is 0.338 e. The summed E-state index contributed by atoms with van der Waals surface area (Å²) in [4.78, 5) is 34.5. The molecule has 1 atom stereocenters. The Bertz CT molecular complexity index is 1840. The number of aryl methyl sites for hydroxylation is 1. The van der Waals surface area contributed by atoms with E-state index in [-0.39, 0.29) is 12.2 Å². The molecule has 0 radical (unpaired) electrons. The fraction of sp³-hybridized carbons (Fsp3) is 0.281. The highest BCUT2D eigenvalue weighted by molar-refractivity contribution is 7.07. The molecule has 3 heterocycles. The average molecular weight is 571 g/mol. The van der Waals surface area contributed by atoms with E-state index in [0.717, 1.165) is 28.3 Å². The standard InChI is InChI=1S/C32H34N4O4S/c1-8-40-31(38)28-20(3)33-32-36(29(28)25-11-9-10-12-26(25)39-7)30(37)27(41-32)18-22-17-19(2)35(21(22)4)24-15-13-23(14-16-24)34(5)6/h9-18,29H,8H2,1-7H3/b27-18+/t29-/m0/s1. The molecule has 0 bridgehead atoms. The summed E-state index contributed by atoms with van der Waals surface area (Å²) in [7, 11) is 5.61. The Balaban J connectivity index is 1.68. The Morgan fingerprint density at radius 1 is 1.10 bits per heavy atom. The number of allylic oxidation sites excluding steroid dienone is 1. The van der Waals surface area contributed by atoms with Crippen LogP contribution in [0.15, 0.2) is 75.7 Å². The number of thiazole rings is 1. The summed E-state index contributed by atoms with van der Waals surface area (Å²) in [6, 6.07) is 17.1. The van der Waals surface area contributed by atoms with Gasteiger partial charge >= 0.3 is 5.97 Å². The van der Waals surface area contributed by atoms with E-state index >= 15 is 0 Å². The molecule has 2 aromatic heterocycles. The molecule has 1 aliphatic heterocycles. The van der Waals surface area contributed by atoms with E-state index in [9.17, 15) is 9.59 Å². The first-order valence-corrected chi connectivity index (χ1v) is 14.3. The summed E-state index contributed by atoms with van der Waals surface area (Å²) in [5, 5.41) is 0. The van der Waals surface area contributed by atoms with E-state index in [1.807, 2.05) is 44.4 Å². The molecule has 212 valence electrons. The van der Waals surface area contributed by atoms with E-state index < -0.39 is 12.0 Å². The average Bonchev–Trinajstić information content (AvgIpc) is 3.41. The highest BCUT2D eigenvalue weighted by Gasteiger charge is 2.35. The molecular formula is C32H34N4O4S. The number of hydrogen-bond donors (Lipinski definition) is 0. The van der Waals surface area contributed by atoms with Crippen molar-refractivity contribution in [2.45, 2.75) is 33.7 Å². The predicted octanol–water partition coefficient (Wildman–Crippen LogP) is 4.28. The largest absolute Gasteiger partial charge is 0.496 e. The second kappa shape index (κ2) is 11.2. The SMILES string of the molecule is CCOC(=O)C1=C(C)N=c2s/c(=C/c3cc(C)n(-c4ccc(N(C)C)cc4)c3C)c(=O)n2[C@H]1c1ccccc1OC. The van der Waals surface area contributed by atoms with Crippen LogP contribution in [0, 0.1) is 13.8 Å². The van der Waals surface area contributed by atoms with Crippen LogP contribution in [-0.4, -0.2) is 42.9 Å². The lowest BCUT2D eigenvalue weighted by Gasteiger charge is -2.25. The second-order valence-electron chi connectivity index (χ2n) is 10.1. The quantitative estimate of drug-likeness (QED) is 0.310. The van der Waals surface area contributed by atoms with Crippen molar-refractivity contribution < 1.29 is 14.3 Å². The van der Waals surface area contributed by atoms with Crippen molar-refractivity contribution in [3.05, 3.63) is 108 Å². The molecule has 0 unspecified atom stereocenters. The number of para-hydroxylation sites is 1. The molecular weight excluding hydrogens is 536 g/mol. The minimum absolute atomic E-state index is 0.214. The molecule has 9 heteroatoms. The van der Waals surface area contributed by atoms with Crippen molar-refractivity contribution in [3.8, 4) is 11.4 Å². The third-order valence-corrected chi connectivity index (χ3v) is 8.31. The van der Waals surface area contributed by atoms with Gasteiger partial charge in [0.25, 0.3) is 5.56 Å². The van der Waals surface area contributed by atoms with Gasteiger partial charge in [-0.3, -0.25) is 9.36 Å². The van der Waals surface area contributed by atoms with Crippen LogP contribution in [-0.2, 0) is 9.53 Å². The van der Waals surface area contributed by atoms with Gasteiger partial charge in [0.05, 0.1) is 29.5 Å². The lowest BCUT2D eigenvalue weighted by atomic mass is 9.95. The maximum Gasteiger partial charge on any atom is 0.338 e. The summed E-state index contributed by atoms with van der Waals surface area (Å²) in [6.07, 6.45) is 1.92. The number of anilines is 1. The van der Waals surface area contributed by atoms with E-state index in [1.54, 1.807) is 25.5 Å². The molecule has 0 amide bonds. The van der Waals surface area contributed by atoms with Crippen LogP contribution < -0.4 is 24.5 Å².